The van der Waals surface area contributed by atoms with Gasteiger partial charge >= 0.3 is 0 Å². The average molecular weight is 494 g/mol. The molecule has 3 aliphatic rings. The molecule has 3 aromatic rings. The third-order valence-corrected chi connectivity index (χ3v) is 8.02. The van der Waals surface area contributed by atoms with Crippen molar-refractivity contribution in [2.45, 2.75) is 16.9 Å². The van der Waals surface area contributed by atoms with Gasteiger partial charge in [-0.3, -0.25) is 9.69 Å². The second-order valence-electron chi connectivity index (χ2n) is 8.35. The van der Waals surface area contributed by atoms with E-state index in [9.17, 15) is 15.3 Å². The molecule has 6 rings (SSSR count). The highest BCUT2D eigenvalue weighted by molar-refractivity contribution is 8.03. The minimum atomic E-state index is -1.61. The largest absolute Gasteiger partial charge is 0.384 e. The summed E-state index contributed by atoms with van der Waals surface area (Å²) in [5.74, 6) is -0.205. The number of nitrogens with zero attached hydrogens (tertiary/aromatic N) is 4. The van der Waals surface area contributed by atoms with E-state index in [0.717, 1.165) is 16.1 Å². The van der Waals surface area contributed by atoms with Gasteiger partial charge in [0.15, 0.2) is 5.41 Å². The summed E-state index contributed by atoms with van der Waals surface area (Å²) in [6, 6.07) is 26.7. The fourth-order valence-corrected chi connectivity index (χ4v) is 6.45. The van der Waals surface area contributed by atoms with E-state index >= 15 is 0 Å². The first kappa shape index (κ1) is 21.4. The van der Waals surface area contributed by atoms with Gasteiger partial charge in [0.05, 0.1) is 29.4 Å². The number of nitriles is 2. The van der Waals surface area contributed by atoms with E-state index in [1.807, 2.05) is 54.6 Å². The maximum Gasteiger partial charge on any atom is 0.248 e. The number of carbonyl (C=O) groups is 1. The third kappa shape index (κ3) is 2.74. The van der Waals surface area contributed by atoms with Crippen LogP contribution in [-0.4, -0.2) is 5.91 Å². The van der Waals surface area contributed by atoms with Crippen LogP contribution in [0, 0.1) is 22.7 Å². The number of hydrogen-bond acceptors (Lipinski definition) is 6. The van der Waals surface area contributed by atoms with E-state index in [2.05, 4.69) is 12.1 Å². The van der Waals surface area contributed by atoms with Crippen molar-refractivity contribution in [3.8, 4) is 12.1 Å². The van der Waals surface area contributed by atoms with Crippen LogP contribution < -0.4 is 15.5 Å². The fourth-order valence-electron chi connectivity index (χ4n) is 5.12. The normalized spacial score (nSPS) is 20.0. The third-order valence-electron chi connectivity index (χ3n) is 6.62. The quantitative estimate of drug-likeness (QED) is 0.528. The highest BCUT2D eigenvalue weighted by Crippen LogP contribution is 2.60. The van der Waals surface area contributed by atoms with Crippen LogP contribution in [0.1, 0.15) is 11.1 Å². The summed E-state index contributed by atoms with van der Waals surface area (Å²) >= 11 is 7.44. The van der Waals surface area contributed by atoms with Crippen LogP contribution >= 0.6 is 23.4 Å². The van der Waals surface area contributed by atoms with E-state index in [1.54, 1.807) is 28.0 Å². The molecule has 1 spiro atoms. The molecule has 0 radical (unpaired) electrons. The zero-order chi connectivity index (χ0) is 24.3. The summed E-state index contributed by atoms with van der Waals surface area (Å²) < 4.78 is 0. The molecule has 3 aliphatic heterocycles. The summed E-state index contributed by atoms with van der Waals surface area (Å²) in [5.41, 5.74) is 8.18. The van der Waals surface area contributed by atoms with Crippen molar-refractivity contribution < 1.29 is 4.79 Å². The number of halogens is 1. The first-order valence-corrected chi connectivity index (χ1v) is 12.0. The summed E-state index contributed by atoms with van der Waals surface area (Å²) in [4.78, 5) is 18.7. The van der Waals surface area contributed by atoms with E-state index in [4.69, 9.17) is 17.3 Å². The fraction of sp³-hybridized carbons (Fsp3) is 0.0741. The summed E-state index contributed by atoms with van der Waals surface area (Å²) in [7, 11) is 0. The zero-order valence-corrected chi connectivity index (χ0v) is 19.8. The Bertz CT molecular complexity index is 1580. The van der Waals surface area contributed by atoms with Gasteiger partial charge in [-0.15, -0.1) is 0 Å². The Balaban J connectivity index is 1.61. The smallest absolute Gasteiger partial charge is 0.248 e. The van der Waals surface area contributed by atoms with E-state index in [1.165, 1.54) is 11.8 Å². The van der Waals surface area contributed by atoms with Crippen molar-refractivity contribution in [3.63, 3.8) is 0 Å². The van der Waals surface area contributed by atoms with Gasteiger partial charge in [0.1, 0.15) is 16.9 Å². The first-order valence-electron chi connectivity index (χ1n) is 10.8. The number of rotatable bonds is 2. The predicted molar refractivity (Wildman–Crippen MR) is 135 cm³/mol. The van der Waals surface area contributed by atoms with Gasteiger partial charge in [-0.2, -0.15) is 10.5 Å². The molecule has 1 amide bonds. The maximum atomic E-state index is 14.4. The molecule has 0 fully saturated rings. The van der Waals surface area contributed by atoms with Crippen molar-refractivity contribution in [1.29, 1.82) is 10.5 Å². The van der Waals surface area contributed by atoms with Crippen molar-refractivity contribution >= 4 is 40.6 Å². The van der Waals surface area contributed by atoms with Crippen LogP contribution in [0.25, 0.3) is 0 Å². The lowest BCUT2D eigenvalue weighted by molar-refractivity contribution is -0.120. The molecular weight excluding hydrogens is 478 g/mol. The topological polar surface area (TPSA) is 97.1 Å². The monoisotopic (exact) mass is 493 g/mol. The van der Waals surface area contributed by atoms with E-state index in [-0.39, 0.29) is 29.4 Å². The molecule has 6 nitrogen and oxygen atoms in total. The Kier molecular flexibility index (Phi) is 4.69. The second kappa shape index (κ2) is 7.68. The molecule has 0 bridgehead atoms. The number of benzene rings is 3. The van der Waals surface area contributed by atoms with Crippen molar-refractivity contribution in [2.24, 2.45) is 5.73 Å². The standard InChI is InChI=1S/C27H16ClN5OS/c28-17-11-9-16(10-12-17)15-32-21-6-2-1-5-18(21)27(26(32)34)19(13-29)24(31)33-22-7-3-4-8-23(22)35-25(33)20(27)14-30/h1-12H,15,31H2/t27-/m0/s1. The lowest BCUT2D eigenvalue weighted by Crippen LogP contribution is -2.48. The molecule has 0 aromatic heterocycles. The molecular formula is C27H16ClN5OS. The molecule has 3 aromatic carbocycles. The van der Waals surface area contributed by atoms with Crippen LogP contribution in [0.3, 0.4) is 0 Å². The first-order chi connectivity index (χ1) is 17.0. The Morgan fingerprint density at radius 2 is 1.57 bits per heavy atom. The molecule has 35 heavy (non-hydrogen) atoms. The molecule has 0 saturated carbocycles. The number of anilines is 2. The molecule has 8 heteroatoms. The summed E-state index contributed by atoms with van der Waals surface area (Å²) in [6.45, 7) is 0.262. The van der Waals surface area contributed by atoms with Gasteiger partial charge in [-0.25, -0.2) is 0 Å². The Morgan fingerprint density at radius 3 is 2.29 bits per heavy atom. The van der Waals surface area contributed by atoms with Crippen LogP contribution in [0.2, 0.25) is 5.02 Å². The lowest BCUT2D eigenvalue weighted by atomic mass is 9.68. The minimum absolute atomic E-state index is 0.0613. The second-order valence-corrected chi connectivity index (χ2v) is 9.82. The summed E-state index contributed by atoms with van der Waals surface area (Å²) in [5, 5.41) is 22.0. The number of hydrogen-bond donors (Lipinski definition) is 1. The molecule has 168 valence electrons. The molecule has 3 heterocycles. The van der Waals surface area contributed by atoms with Crippen LogP contribution in [0.4, 0.5) is 11.4 Å². The number of amides is 1. The van der Waals surface area contributed by atoms with Gasteiger partial charge in [0.2, 0.25) is 5.91 Å². The Labute approximate surface area is 211 Å². The number of para-hydroxylation sites is 2. The van der Waals surface area contributed by atoms with E-state index < -0.39 is 5.41 Å². The number of carbonyl (C=O) groups excluding carboxylic acids is 1. The molecule has 0 aliphatic carbocycles. The van der Waals surface area contributed by atoms with Gasteiger partial charge in [-0.05, 0) is 35.9 Å². The highest BCUT2D eigenvalue weighted by Gasteiger charge is 2.61. The van der Waals surface area contributed by atoms with Crippen LogP contribution in [-0.2, 0) is 16.8 Å². The highest BCUT2D eigenvalue weighted by atomic mass is 35.5. The van der Waals surface area contributed by atoms with Crippen molar-refractivity contribution in [1.82, 2.24) is 0 Å². The van der Waals surface area contributed by atoms with Crippen molar-refractivity contribution in [2.75, 3.05) is 9.80 Å². The SMILES string of the molecule is N#CC1=C(N)N2C(=C(C#N)[C@@]13C(=O)N(Cc1ccc(Cl)cc1)c1ccccc13)Sc1ccccc12. The van der Waals surface area contributed by atoms with Gasteiger partial charge < -0.3 is 10.6 Å². The Morgan fingerprint density at radius 1 is 0.914 bits per heavy atom. The minimum Gasteiger partial charge on any atom is -0.384 e. The van der Waals surface area contributed by atoms with E-state index in [0.29, 0.717) is 21.3 Å². The number of fused-ring (bicyclic) bond motifs is 5. The van der Waals surface area contributed by atoms with Gasteiger partial charge in [-0.1, -0.05) is 65.8 Å². The molecule has 2 N–H and O–H groups in total. The van der Waals surface area contributed by atoms with Crippen molar-refractivity contribution in [3.05, 3.63) is 111 Å². The lowest BCUT2D eigenvalue weighted by Gasteiger charge is -2.37. The average Bonchev–Trinajstić information content (AvgIpc) is 3.37. The van der Waals surface area contributed by atoms with Gasteiger partial charge in [0.25, 0.3) is 0 Å². The van der Waals surface area contributed by atoms with Crippen LogP contribution in [0.15, 0.2) is 99.7 Å². The predicted octanol–water partition coefficient (Wildman–Crippen LogP) is 5.18. The molecule has 0 unspecified atom stereocenters. The number of nitrogens with two attached hydrogens (primary N) is 1. The zero-order valence-electron chi connectivity index (χ0n) is 18.2. The van der Waals surface area contributed by atoms with Crippen LogP contribution in [0.5, 0.6) is 0 Å². The molecule has 1 atom stereocenters. The maximum absolute atomic E-state index is 14.4. The summed E-state index contributed by atoms with van der Waals surface area (Å²) in [6.07, 6.45) is 0. The number of thioether (sulfide) groups is 1. The molecule has 0 saturated heterocycles. The van der Waals surface area contributed by atoms with Gasteiger partial charge in [0, 0.05) is 21.2 Å². The Hall–Kier alpha value is -4.17.